The molecule has 0 radical (unpaired) electrons. The predicted molar refractivity (Wildman–Crippen MR) is 137 cm³/mol. The van der Waals surface area contributed by atoms with Crippen molar-refractivity contribution in [2.45, 2.75) is 31.2 Å². The van der Waals surface area contributed by atoms with E-state index in [9.17, 15) is 23.1 Å². The summed E-state index contributed by atoms with van der Waals surface area (Å²) in [5, 5.41) is 10.6. The number of carbonyl (C=O) groups is 1. The third-order valence-electron chi connectivity index (χ3n) is 7.11. The van der Waals surface area contributed by atoms with Gasteiger partial charge in [0.25, 0.3) is 0 Å². The molecule has 0 spiro atoms. The molecule has 1 atom stereocenters. The molecule has 1 aromatic carbocycles. The van der Waals surface area contributed by atoms with Gasteiger partial charge in [-0.15, -0.1) is 0 Å². The molecule has 9 heteroatoms. The van der Waals surface area contributed by atoms with Gasteiger partial charge in [0.1, 0.15) is 18.2 Å². The van der Waals surface area contributed by atoms with Crippen LogP contribution in [0.2, 0.25) is 0 Å². The first-order valence-electron chi connectivity index (χ1n) is 12.3. The van der Waals surface area contributed by atoms with Crippen molar-refractivity contribution in [1.82, 2.24) is 9.55 Å². The largest absolute Gasteiger partial charge is 0.492 e. The lowest BCUT2D eigenvalue weighted by Gasteiger charge is -2.48. The van der Waals surface area contributed by atoms with Gasteiger partial charge in [0, 0.05) is 37.5 Å². The Labute approximate surface area is 215 Å². The van der Waals surface area contributed by atoms with Crippen molar-refractivity contribution in [1.29, 1.82) is 0 Å². The first-order chi connectivity index (χ1) is 17.9. The van der Waals surface area contributed by atoms with Crippen LogP contribution in [0.1, 0.15) is 24.8 Å². The van der Waals surface area contributed by atoms with Crippen molar-refractivity contribution < 1.29 is 27.8 Å². The molecule has 1 unspecified atom stereocenters. The number of alkyl halides is 3. The molecule has 3 rings (SSSR count). The molecule has 0 fully saturated rings. The Balaban J connectivity index is 1.84. The molecular weight excluding hydrogens is 483 g/mol. The zero-order valence-corrected chi connectivity index (χ0v) is 21.0. The van der Waals surface area contributed by atoms with Crippen LogP contribution in [0.15, 0.2) is 73.2 Å². The van der Waals surface area contributed by atoms with Crippen molar-refractivity contribution in [3.05, 3.63) is 78.8 Å². The fourth-order valence-corrected chi connectivity index (χ4v) is 5.09. The highest BCUT2D eigenvalue weighted by atomic mass is 19.1. The van der Waals surface area contributed by atoms with E-state index in [4.69, 9.17) is 4.74 Å². The lowest BCUT2D eigenvalue weighted by Crippen LogP contribution is -2.57. The number of carboxylic acids is 1. The van der Waals surface area contributed by atoms with Gasteiger partial charge in [-0.1, -0.05) is 18.2 Å². The summed E-state index contributed by atoms with van der Waals surface area (Å²) in [5.41, 5.74) is -2.62. The second-order valence-corrected chi connectivity index (χ2v) is 9.13. The number of ether oxygens (including phenoxy) is 1. The summed E-state index contributed by atoms with van der Waals surface area (Å²) in [6.07, 6.45) is 3.97. The highest BCUT2D eigenvalue weighted by molar-refractivity contribution is 5.79. The van der Waals surface area contributed by atoms with E-state index >= 15 is 0 Å². The van der Waals surface area contributed by atoms with E-state index in [0.29, 0.717) is 24.5 Å². The van der Waals surface area contributed by atoms with E-state index < -0.39 is 36.9 Å². The molecule has 0 aliphatic carbocycles. The van der Waals surface area contributed by atoms with E-state index in [1.54, 1.807) is 55.0 Å². The number of anilines is 1. The first kappa shape index (κ1) is 28.1. The van der Waals surface area contributed by atoms with Crippen LogP contribution >= 0.6 is 0 Å². The molecule has 2 heterocycles. The van der Waals surface area contributed by atoms with Crippen molar-refractivity contribution in [3.8, 4) is 5.75 Å². The number of pyridine rings is 1. The lowest BCUT2D eigenvalue weighted by atomic mass is 9.61. The van der Waals surface area contributed by atoms with Gasteiger partial charge >= 0.3 is 5.97 Å². The molecular formula is C28H34F3N3O3. The molecule has 1 N–H and O–H groups in total. The van der Waals surface area contributed by atoms with Gasteiger partial charge in [0.15, 0.2) is 5.54 Å². The Morgan fingerprint density at radius 2 is 1.59 bits per heavy atom. The molecule has 0 aliphatic rings. The second kappa shape index (κ2) is 13.2. The van der Waals surface area contributed by atoms with Gasteiger partial charge in [-0.2, -0.15) is 0 Å². The molecule has 3 aromatic rings. The Kier molecular flexibility index (Phi) is 10.00. The summed E-state index contributed by atoms with van der Waals surface area (Å²) < 4.78 is 48.6. The number of hydrogen-bond donors (Lipinski definition) is 1. The number of likely N-dealkylation sites (N-methyl/N-ethyl adjacent to an activating group) is 1. The van der Waals surface area contributed by atoms with E-state index in [1.165, 1.54) is 4.57 Å². The Hall–Kier alpha value is -3.49. The maximum atomic E-state index is 13.8. The number of carboxylic acid groups (broad SMARTS) is 1. The molecule has 0 saturated carbocycles. The molecule has 2 aromatic heterocycles. The van der Waals surface area contributed by atoms with Crippen LogP contribution in [0.4, 0.5) is 19.0 Å². The topological polar surface area (TPSA) is 67.6 Å². The van der Waals surface area contributed by atoms with Gasteiger partial charge in [-0.05, 0) is 61.2 Å². The number of hydrogen-bond acceptors (Lipinski definition) is 4. The number of aliphatic carboxylic acids is 1. The fourth-order valence-electron chi connectivity index (χ4n) is 5.09. The maximum absolute atomic E-state index is 13.8. The highest BCUT2D eigenvalue weighted by Gasteiger charge is 2.57. The minimum Gasteiger partial charge on any atom is -0.492 e. The molecule has 0 saturated heterocycles. The Morgan fingerprint density at radius 3 is 2.11 bits per heavy atom. The summed E-state index contributed by atoms with van der Waals surface area (Å²) in [6.45, 7) is -1.63. The van der Waals surface area contributed by atoms with Crippen molar-refractivity contribution in [3.63, 3.8) is 0 Å². The van der Waals surface area contributed by atoms with Crippen molar-refractivity contribution in [2.75, 3.05) is 45.1 Å². The molecule has 200 valence electrons. The Morgan fingerprint density at radius 1 is 0.973 bits per heavy atom. The van der Waals surface area contributed by atoms with E-state index in [-0.39, 0.29) is 25.7 Å². The standard InChI is InChI=1S/C28H34F3N3O3/c1-33(25-6-2-3-17-32-25)20-21-37-24-9-7-23(8-10-24)22-28(26(35)36,34-18-4-5-19-34)27(11-14-29,12-15-30)13-16-31/h2-10,17-19H,11-16,20-22H2,1H3,(H,35,36). The molecule has 0 amide bonds. The van der Waals surface area contributed by atoms with Crippen LogP contribution in [-0.4, -0.2) is 60.8 Å². The molecule has 37 heavy (non-hydrogen) atoms. The fraction of sp³-hybridized carbons (Fsp3) is 0.429. The van der Waals surface area contributed by atoms with Crippen LogP contribution in [0.25, 0.3) is 0 Å². The van der Waals surface area contributed by atoms with E-state index in [2.05, 4.69) is 4.98 Å². The number of nitrogens with zero attached hydrogens (tertiary/aromatic N) is 3. The second-order valence-electron chi connectivity index (χ2n) is 9.13. The minimum atomic E-state index is -1.78. The zero-order chi connectivity index (χ0) is 26.7. The lowest BCUT2D eigenvalue weighted by molar-refractivity contribution is -0.159. The third-order valence-corrected chi connectivity index (χ3v) is 7.11. The average molecular weight is 518 g/mol. The summed E-state index contributed by atoms with van der Waals surface area (Å²) in [5.74, 6) is 0.175. The number of benzene rings is 1. The normalized spacial score (nSPS) is 13.2. The summed E-state index contributed by atoms with van der Waals surface area (Å²) in [7, 11) is 1.92. The quantitative estimate of drug-likeness (QED) is 0.272. The van der Waals surface area contributed by atoms with E-state index in [1.807, 2.05) is 30.1 Å². The van der Waals surface area contributed by atoms with Gasteiger partial charge in [0.2, 0.25) is 0 Å². The number of halogens is 3. The van der Waals surface area contributed by atoms with Crippen LogP contribution in [0.3, 0.4) is 0 Å². The highest BCUT2D eigenvalue weighted by Crippen LogP contribution is 2.49. The average Bonchev–Trinajstić information content (AvgIpc) is 3.44. The number of rotatable bonds is 16. The summed E-state index contributed by atoms with van der Waals surface area (Å²) in [6, 6.07) is 15.9. The predicted octanol–water partition coefficient (Wildman–Crippen LogP) is 5.49. The van der Waals surface area contributed by atoms with E-state index in [0.717, 1.165) is 5.82 Å². The van der Waals surface area contributed by atoms with Crippen LogP contribution in [0.5, 0.6) is 5.75 Å². The summed E-state index contributed by atoms with van der Waals surface area (Å²) >= 11 is 0. The van der Waals surface area contributed by atoms with Gasteiger partial charge in [-0.3, -0.25) is 13.2 Å². The smallest absolute Gasteiger partial charge is 0.330 e. The van der Waals surface area contributed by atoms with Crippen LogP contribution in [-0.2, 0) is 16.8 Å². The first-order valence-corrected chi connectivity index (χ1v) is 12.3. The summed E-state index contributed by atoms with van der Waals surface area (Å²) in [4.78, 5) is 19.2. The van der Waals surface area contributed by atoms with Crippen LogP contribution < -0.4 is 9.64 Å². The van der Waals surface area contributed by atoms with Gasteiger partial charge < -0.3 is 19.3 Å². The molecule has 6 nitrogen and oxygen atoms in total. The SMILES string of the molecule is CN(CCOc1ccc(CC(C(=O)O)(n2cccc2)C(CCF)(CCF)CCF)cc1)c1ccccn1. The maximum Gasteiger partial charge on any atom is 0.330 e. The third kappa shape index (κ3) is 6.26. The van der Waals surface area contributed by atoms with Gasteiger partial charge in [0.05, 0.1) is 26.6 Å². The minimum absolute atomic E-state index is 0.0697. The zero-order valence-electron chi connectivity index (χ0n) is 21.0. The van der Waals surface area contributed by atoms with Crippen molar-refractivity contribution >= 4 is 11.8 Å². The van der Waals surface area contributed by atoms with Gasteiger partial charge in [-0.25, -0.2) is 9.78 Å². The van der Waals surface area contributed by atoms with Crippen molar-refractivity contribution in [2.24, 2.45) is 5.41 Å². The Bertz CT molecular complexity index is 1060. The molecule has 0 bridgehead atoms. The van der Waals surface area contributed by atoms with Crippen LogP contribution in [0, 0.1) is 5.41 Å². The number of aromatic nitrogens is 2. The molecule has 0 aliphatic heterocycles. The monoisotopic (exact) mass is 517 g/mol.